The molecule has 0 unspecified atom stereocenters. The summed E-state index contributed by atoms with van der Waals surface area (Å²) in [5.41, 5.74) is 2.24. The minimum absolute atomic E-state index is 0.261. The number of aryl methyl sites for hydroxylation is 1. The van der Waals surface area contributed by atoms with Crippen LogP contribution in [0.3, 0.4) is 0 Å². The molecule has 2 aromatic rings. The predicted octanol–water partition coefficient (Wildman–Crippen LogP) is 1.98. The molecule has 0 atom stereocenters. The van der Waals surface area contributed by atoms with Gasteiger partial charge in [-0.1, -0.05) is 12.1 Å². The molecule has 100 valence electrons. The SMILES string of the molecule is Cn1c(CN2CCC(C=O)CC2)nc2ccccc21. The first kappa shape index (κ1) is 12.4. The Morgan fingerprint density at radius 2 is 2.05 bits per heavy atom. The molecular formula is C15H19N3O. The van der Waals surface area contributed by atoms with Crippen LogP contribution in [0.4, 0.5) is 0 Å². The highest BCUT2D eigenvalue weighted by Crippen LogP contribution is 2.19. The molecular weight excluding hydrogens is 238 g/mol. The van der Waals surface area contributed by atoms with Crippen molar-refractivity contribution < 1.29 is 4.79 Å². The molecule has 4 heteroatoms. The summed E-state index contributed by atoms with van der Waals surface area (Å²) in [5.74, 6) is 1.36. The zero-order valence-electron chi connectivity index (χ0n) is 11.2. The number of hydrogen-bond acceptors (Lipinski definition) is 3. The monoisotopic (exact) mass is 257 g/mol. The summed E-state index contributed by atoms with van der Waals surface area (Å²) in [6, 6.07) is 8.22. The van der Waals surface area contributed by atoms with Crippen molar-refractivity contribution in [3.63, 3.8) is 0 Å². The van der Waals surface area contributed by atoms with Crippen molar-refractivity contribution in [2.75, 3.05) is 13.1 Å². The standard InChI is InChI=1S/C15H19N3O/c1-17-14-5-3-2-4-13(14)16-15(17)10-18-8-6-12(11-19)7-9-18/h2-5,11-12H,6-10H2,1H3. The van der Waals surface area contributed by atoms with Crippen molar-refractivity contribution in [2.45, 2.75) is 19.4 Å². The van der Waals surface area contributed by atoms with E-state index in [4.69, 9.17) is 4.98 Å². The molecule has 0 saturated carbocycles. The van der Waals surface area contributed by atoms with E-state index < -0.39 is 0 Å². The number of nitrogens with zero attached hydrogens (tertiary/aromatic N) is 3. The quantitative estimate of drug-likeness (QED) is 0.789. The van der Waals surface area contributed by atoms with Crippen LogP contribution < -0.4 is 0 Å². The number of benzene rings is 1. The average Bonchev–Trinajstić information content (AvgIpc) is 2.77. The second kappa shape index (κ2) is 5.13. The Morgan fingerprint density at radius 3 is 2.74 bits per heavy atom. The van der Waals surface area contributed by atoms with E-state index in [2.05, 4.69) is 28.6 Å². The first-order chi connectivity index (χ1) is 9.28. The number of piperidine rings is 1. The number of imidazole rings is 1. The molecule has 1 aromatic heterocycles. The largest absolute Gasteiger partial charge is 0.330 e. The summed E-state index contributed by atoms with van der Waals surface area (Å²) in [5, 5.41) is 0. The van der Waals surface area contributed by atoms with Crippen LogP contribution in [-0.2, 0) is 18.4 Å². The van der Waals surface area contributed by atoms with E-state index >= 15 is 0 Å². The average molecular weight is 257 g/mol. The highest BCUT2D eigenvalue weighted by Gasteiger charge is 2.20. The van der Waals surface area contributed by atoms with Gasteiger partial charge in [-0.2, -0.15) is 0 Å². The molecule has 2 heterocycles. The van der Waals surface area contributed by atoms with Crippen molar-refractivity contribution in [3.05, 3.63) is 30.1 Å². The smallest absolute Gasteiger partial charge is 0.123 e. The molecule has 1 aliphatic heterocycles. The number of rotatable bonds is 3. The Kier molecular flexibility index (Phi) is 3.34. The molecule has 3 rings (SSSR count). The molecule has 0 aliphatic carbocycles. The molecule has 0 amide bonds. The first-order valence-corrected chi connectivity index (χ1v) is 6.86. The molecule has 0 bridgehead atoms. The van der Waals surface area contributed by atoms with Crippen LogP contribution in [0.1, 0.15) is 18.7 Å². The van der Waals surface area contributed by atoms with Gasteiger partial charge in [0.05, 0.1) is 17.6 Å². The number of carbonyl (C=O) groups is 1. The number of fused-ring (bicyclic) bond motifs is 1. The van der Waals surface area contributed by atoms with E-state index in [0.29, 0.717) is 0 Å². The van der Waals surface area contributed by atoms with Gasteiger partial charge in [0.2, 0.25) is 0 Å². The maximum atomic E-state index is 10.8. The maximum absolute atomic E-state index is 10.8. The lowest BCUT2D eigenvalue weighted by Crippen LogP contribution is -2.34. The van der Waals surface area contributed by atoms with Crippen LogP contribution in [-0.4, -0.2) is 33.8 Å². The van der Waals surface area contributed by atoms with Gasteiger partial charge in [0.15, 0.2) is 0 Å². The minimum Gasteiger partial charge on any atom is -0.330 e. The Labute approximate surface area is 113 Å². The number of hydrogen-bond donors (Lipinski definition) is 0. The van der Waals surface area contributed by atoms with Crippen molar-refractivity contribution in [3.8, 4) is 0 Å². The van der Waals surface area contributed by atoms with Crippen molar-refractivity contribution in [1.82, 2.24) is 14.5 Å². The predicted molar refractivity (Wildman–Crippen MR) is 74.8 cm³/mol. The van der Waals surface area contributed by atoms with Crippen molar-refractivity contribution in [1.29, 1.82) is 0 Å². The number of aldehydes is 1. The van der Waals surface area contributed by atoms with Gasteiger partial charge in [-0.3, -0.25) is 4.90 Å². The van der Waals surface area contributed by atoms with Gasteiger partial charge in [-0.25, -0.2) is 4.98 Å². The zero-order valence-corrected chi connectivity index (χ0v) is 11.2. The maximum Gasteiger partial charge on any atom is 0.123 e. The third-order valence-corrected chi connectivity index (χ3v) is 4.07. The summed E-state index contributed by atoms with van der Waals surface area (Å²) in [6.45, 7) is 2.86. The van der Waals surface area contributed by atoms with Gasteiger partial charge >= 0.3 is 0 Å². The molecule has 0 spiro atoms. The molecule has 0 radical (unpaired) electrons. The van der Waals surface area contributed by atoms with E-state index in [1.54, 1.807) is 0 Å². The summed E-state index contributed by atoms with van der Waals surface area (Å²) in [4.78, 5) is 17.8. The van der Waals surface area contributed by atoms with Crippen LogP contribution in [0.5, 0.6) is 0 Å². The van der Waals surface area contributed by atoms with Gasteiger partial charge < -0.3 is 9.36 Å². The normalized spacial score (nSPS) is 17.9. The lowest BCUT2D eigenvalue weighted by atomic mass is 9.99. The fourth-order valence-electron chi connectivity index (χ4n) is 2.78. The molecule has 1 saturated heterocycles. The fourth-order valence-corrected chi connectivity index (χ4v) is 2.78. The molecule has 4 nitrogen and oxygen atoms in total. The fraction of sp³-hybridized carbons (Fsp3) is 0.467. The molecule has 0 N–H and O–H groups in total. The summed E-state index contributed by atoms with van der Waals surface area (Å²) in [7, 11) is 2.07. The summed E-state index contributed by atoms with van der Waals surface area (Å²) < 4.78 is 2.17. The molecule has 19 heavy (non-hydrogen) atoms. The number of para-hydroxylation sites is 2. The van der Waals surface area contributed by atoms with Crippen LogP contribution in [0, 0.1) is 5.92 Å². The van der Waals surface area contributed by atoms with Crippen LogP contribution in [0.15, 0.2) is 24.3 Å². The van der Waals surface area contributed by atoms with Crippen molar-refractivity contribution in [2.24, 2.45) is 13.0 Å². The van der Waals surface area contributed by atoms with E-state index in [-0.39, 0.29) is 5.92 Å². The zero-order chi connectivity index (χ0) is 13.2. The van der Waals surface area contributed by atoms with Crippen LogP contribution in [0.25, 0.3) is 11.0 Å². The second-order valence-corrected chi connectivity index (χ2v) is 5.33. The Morgan fingerprint density at radius 1 is 1.32 bits per heavy atom. The van der Waals surface area contributed by atoms with E-state index in [0.717, 1.165) is 50.1 Å². The Balaban J connectivity index is 1.75. The number of likely N-dealkylation sites (tertiary alicyclic amines) is 1. The van der Waals surface area contributed by atoms with Gasteiger partial charge in [0.1, 0.15) is 12.1 Å². The summed E-state index contributed by atoms with van der Waals surface area (Å²) in [6.07, 6.45) is 3.06. The minimum atomic E-state index is 0.261. The lowest BCUT2D eigenvalue weighted by Gasteiger charge is -2.29. The molecule has 1 aromatic carbocycles. The number of aromatic nitrogens is 2. The third-order valence-electron chi connectivity index (χ3n) is 4.07. The van der Waals surface area contributed by atoms with E-state index in [1.165, 1.54) is 5.52 Å². The molecule has 1 fully saturated rings. The molecule has 1 aliphatic rings. The van der Waals surface area contributed by atoms with Gasteiger partial charge in [0.25, 0.3) is 0 Å². The van der Waals surface area contributed by atoms with E-state index in [1.807, 2.05) is 12.1 Å². The van der Waals surface area contributed by atoms with Crippen LogP contribution in [0.2, 0.25) is 0 Å². The summed E-state index contributed by atoms with van der Waals surface area (Å²) >= 11 is 0. The van der Waals surface area contributed by atoms with Crippen LogP contribution >= 0.6 is 0 Å². The van der Waals surface area contributed by atoms with Gasteiger partial charge in [-0.05, 0) is 38.1 Å². The highest BCUT2D eigenvalue weighted by atomic mass is 16.1. The number of carbonyl (C=O) groups excluding carboxylic acids is 1. The first-order valence-electron chi connectivity index (χ1n) is 6.86. The Hall–Kier alpha value is -1.68. The third kappa shape index (κ3) is 2.40. The lowest BCUT2D eigenvalue weighted by molar-refractivity contribution is -0.112. The highest BCUT2D eigenvalue weighted by molar-refractivity contribution is 5.75. The van der Waals surface area contributed by atoms with Crippen molar-refractivity contribution >= 4 is 17.3 Å². The van der Waals surface area contributed by atoms with Gasteiger partial charge in [-0.15, -0.1) is 0 Å². The van der Waals surface area contributed by atoms with E-state index in [9.17, 15) is 4.79 Å². The second-order valence-electron chi connectivity index (χ2n) is 5.33. The Bertz CT molecular complexity index is 582. The topological polar surface area (TPSA) is 38.1 Å². The van der Waals surface area contributed by atoms with Gasteiger partial charge in [0, 0.05) is 13.0 Å².